The highest BCUT2D eigenvalue weighted by Gasteiger charge is 2.25. The second-order valence-corrected chi connectivity index (χ2v) is 5.15. The molecule has 0 aromatic heterocycles. The molecule has 74 valence electrons. The van der Waals surface area contributed by atoms with Gasteiger partial charge >= 0.3 is 5.97 Å². The summed E-state index contributed by atoms with van der Waals surface area (Å²) in [5.41, 5.74) is 0. The number of carboxylic acid groups (broad SMARTS) is 1. The topological polar surface area (TPSA) is 37.3 Å². The lowest BCUT2D eigenvalue weighted by Crippen LogP contribution is -2.15. The van der Waals surface area contributed by atoms with Gasteiger partial charge in [0.25, 0.3) is 0 Å². The Hall–Kier alpha value is 0.920. The monoisotopic (exact) mass is 274 g/mol. The third kappa shape index (κ3) is 10.9. The Morgan fingerprint density at radius 3 is 2.08 bits per heavy atom. The zero-order valence-corrected chi connectivity index (χ0v) is 9.61. The first-order chi connectivity index (χ1) is 4.81. The molecule has 1 atom stereocenters. The number of rotatable bonds is 3. The first-order valence-corrected chi connectivity index (χ1v) is 4.31. The molecule has 0 aliphatic rings. The van der Waals surface area contributed by atoms with Crippen molar-refractivity contribution in [1.29, 1.82) is 0 Å². The Balaban J connectivity index is 0. The largest absolute Gasteiger partial charge is 0.481 e. The fourth-order valence-electron chi connectivity index (χ4n) is 0.513. The van der Waals surface area contributed by atoms with Crippen LogP contribution in [0.1, 0.15) is 12.8 Å². The summed E-state index contributed by atoms with van der Waals surface area (Å²) in [7, 11) is 0. The van der Waals surface area contributed by atoms with E-state index in [4.69, 9.17) is 51.5 Å². The lowest BCUT2D eigenvalue weighted by molar-refractivity contribution is -0.137. The van der Waals surface area contributed by atoms with Gasteiger partial charge in [0.1, 0.15) is 0 Å². The van der Waals surface area contributed by atoms with E-state index in [1.165, 1.54) is 0 Å². The average Bonchev–Trinajstić information content (AvgIpc) is 1.53. The van der Waals surface area contributed by atoms with Gasteiger partial charge in [-0.2, -0.15) is 0 Å². The van der Waals surface area contributed by atoms with Gasteiger partial charge in [0.15, 0.2) is 3.79 Å². The van der Waals surface area contributed by atoms with E-state index >= 15 is 0 Å². The standard InChI is InChI=1S/C5H6Cl4O2.ClH/c6-3(1-4(10)11)2-5(7,8)9;/h3H,1-2H2,(H,10,11);1H. The predicted octanol–water partition coefficient (Wildman–Crippen LogP) is 3.25. The summed E-state index contributed by atoms with van der Waals surface area (Å²) < 4.78 is -1.47. The maximum absolute atomic E-state index is 10.1. The SMILES string of the molecule is Cl.O=C(O)CC(Cl)CC(Cl)(Cl)Cl. The number of carboxylic acids is 1. The first-order valence-electron chi connectivity index (χ1n) is 2.74. The Bertz CT molecular complexity index is 143. The predicted molar refractivity (Wildman–Crippen MR) is 54.0 cm³/mol. The van der Waals surface area contributed by atoms with Crippen LogP contribution in [0.3, 0.4) is 0 Å². The van der Waals surface area contributed by atoms with Crippen molar-refractivity contribution in [1.82, 2.24) is 0 Å². The van der Waals surface area contributed by atoms with E-state index in [0.29, 0.717) is 0 Å². The van der Waals surface area contributed by atoms with Crippen molar-refractivity contribution < 1.29 is 9.90 Å². The summed E-state index contributed by atoms with van der Waals surface area (Å²) >= 11 is 21.6. The Labute approximate surface area is 96.5 Å². The number of hydrogen-bond donors (Lipinski definition) is 1. The van der Waals surface area contributed by atoms with Gasteiger partial charge in [0.2, 0.25) is 0 Å². The van der Waals surface area contributed by atoms with Gasteiger partial charge in [-0.1, -0.05) is 34.8 Å². The molecule has 0 bridgehead atoms. The van der Waals surface area contributed by atoms with Crippen LogP contribution in [0.4, 0.5) is 0 Å². The van der Waals surface area contributed by atoms with Gasteiger partial charge in [-0.05, 0) is 0 Å². The van der Waals surface area contributed by atoms with E-state index < -0.39 is 15.1 Å². The third-order valence-corrected chi connectivity index (χ3v) is 1.62. The van der Waals surface area contributed by atoms with Crippen LogP contribution >= 0.6 is 58.8 Å². The minimum atomic E-state index is -1.47. The van der Waals surface area contributed by atoms with Crippen molar-refractivity contribution in [3.8, 4) is 0 Å². The summed E-state index contributed by atoms with van der Waals surface area (Å²) in [6.07, 6.45) is -0.166. The maximum Gasteiger partial charge on any atom is 0.304 e. The van der Waals surface area contributed by atoms with Gasteiger partial charge < -0.3 is 5.11 Å². The fraction of sp³-hybridized carbons (Fsp3) is 0.800. The van der Waals surface area contributed by atoms with E-state index in [1.54, 1.807) is 0 Å². The summed E-state index contributed by atoms with van der Waals surface area (Å²) in [6.45, 7) is 0. The molecule has 0 aromatic carbocycles. The molecule has 0 radical (unpaired) electrons. The minimum absolute atomic E-state index is 0. The maximum atomic E-state index is 10.1. The van der Waals surface area contributed by atoms with E-state index in [9.17, 15) is 4.79 Å². The van der Waals surface area contributed by atoms with Crippen LogP contribution < -0.4 is 0 Å². The van der Waals surface area contributed by atoms with Crippen LogP contribution in [-0.4, -0.2) is 20.2 Å². The van der Waals surface area contributed by atoms with Crippen LogP contribution in [-0.2, 0) is 4.79 Å². The van der Waals surface area contributed by atoms with Crippen LogP contribution in [0.15, 0.2) is 0 Å². The molecule has 0 saturated carbocycles. The van der Waals surface area contributed by atoms with Crippen LogP contribution in [0.25, 0.3) is 0 Å². The van der Waals surface area contributed by atoms with Crippen molar-refractivity contribution in [3.05, 3.63) is 0 Å². The highest BCUT2D eigenvalue weighted by molar-refractivity contribution is 6.67. The van der Waals surface area contributed by atoms with Gasteiger partial charge in [0.05, 0.1) is 6.42 Å². The quantitative estimate of drug-likeness (QED) is 0.803. The van der Waals surface area contributed by atoms with Crippen molar-refractivity contribution in [2.75, 3.05) is 0 Å². The molecule has 12 heavy (non-hydrogen) atoms. The van der Waals surface area contributed by atoms with Gasteiger partial charge in [-0.25, -0.2) is 0 Å². The first kappa shape index (κ1) is 15.4. The molecule has 2 nitrogen and oxygen atoms in total. The summed E-state index contributed by atoms with van der Waals surface area (Å²) in [4.78, 5) is 10.1. The van der Waals surface area contributed by atoms with Gasteiger partial charge in [-0.3, -0.25) is 4.79 Å². The van der Waals surface area contributed by atoms with Crippen molar-refractivity contribution in [2.24, 2.45) is 0 Å². The zero-order valence-electron chi connectivity index (χ0n) is 5.77. The molecule has 0 saturated heterocycles. The number of alkyl halides is 4. The van der Waals surface area contributed by atoms with Gasteiger partial charge in [-0.15, -0.1) is 24.0 Å². The molecule has 0 rings (SSSR count). The molecule has 0 amide bonds. The lowest BCUT2D eigenvalue weighted by atomic mass is 10.2. The third-order valence-electron chi connectivity index (χ3n) is 0.849. The highest BCUT2D eigenvalue weighted by Crippen LogP contribution is 2.33. The molecule has 0 heterocycles. The van der Waals surface area contributed by atoms with Crippen LogP contribution in [0.2, 0.25) is 0 Å². The molecule has 7 heteroatoms. The number of carbonyl (C=O) groups is 1. The van der Waals surface area contributed by atoms with Crippen LogP contribution in [0.5, 0.6) is 0 Å². The summed E-state index contributed by atoms with van der Waals surface area (Å²) in [6, 6.07) is 0. The molecule has 1 N–H and O–H groups in total. The van der Waals surface area contributed by atoms with Crippen molar-refractivity contribution in [3.63, 3.8) is 0 Å². The summed E-state index contributed by atoms with van der Waals surface area (Å²) in [5.74, 6) is -1.00. The minimum Gasteiger partial charge on any atom is -0.481 e. The van der Waals surface area contributed by atoms with E-state index in [-0.39, 0.29) is 25.2 Å². The molecular weight excluding hydrogens is 269 g/mol. The molecule has 0 spiro atoms. The second-order valence-electron chi connectivity index (χ2n) is 2.01. The Kier molecular flexibility index (Phi) is 8.19. The lowest BCUT2D eigenvalue weighted by Gasteiger charge is -2.13. The summed E-state index contributed by atoms with van der Waals surface area (Å²) in [5, 5.41) is 7.63. The highest BCUT2D eigenvalue weighted by atomic mass is 35.6. The molecule has 0 aliphatic carbocycles. The second kappa shape index (κ2) is 6.39. The Morgan fingerprint density at radius 2 is 1.83 bits per heavy atom. The smallest absolute Gasteiger partial charge is 0.304 e. The molecule has 0 aromatic rings. The van der Waals surface area contributed by atoms with E-state index in [0.717, 1.165) is 0 Å². The fourth-order valence-corrected chi connectivity index (χ4v) is 1.67. The molecule has 1 unspecified atom stereocenters. The van der Waals surface area contributed by atoms with E-state index in [2.05, 4.69) is 0 Å². The van der Waals surface area contributed by atoms with Crippen molar-refractivity contribution in [2.45, 2.75) is 22.0 Å². The Morgan fingerprint density at radius 1 is 1.42 bits per heavy atom. The van der Waals surface area contributed by atoms with Crippen LogP contribution in [0, 0.1) is 0 Å². The van der Waals surface area contributed by atoms with Gasteiger partial charge in [0, 0.05) is 11.8 Å². The van der Waals surface area contributed by atoms with E-state index in [1.807, 2.05) is 0 Å². The normalized spacial score (nSPS) is 13.3. The molecule has 0 fully saturated rings. The number of hydrogen-bond acceptors (Lipinski definition) is 1. The molecular formula is C5H7Cl5O2. The van der Waals surface area contributed by atoms with Crippen molar-refractivity contribution >= 4 is 64.8 Å². The zero-order chi connectivity index (χ0) is 9.07. The number of halogens is 5. The molecule has 0 aliphatic heterocycles. The number of aliphatic carboxylic acids is 1. The average molecular weight is 276 g/mol.